The van der Waals surface area contributed by atoms with Crippen molar-refractivity contribution in [1.82, 2.24) is 16.2 Å². The maximum Gasteiger partial charge on any atom is 0.273 e. The SMILES string of the molecule is COc1ccc(/C=C/C(=O)NC(=S)NNC(=O)c2ccccc2O)cc1. The van der Waals surface area contributed by atoms with Crippen LogP contribution in [0.4, 0.5) is 0 Å². The Morgan fingerprint density at radius 1 is 1.08 bits per heavy atom. The van der Waals surface area contributed by atoms with Crippen molar-refractivity contribution in [3.8, 4) is 11.5 Å². The van der Waals surface area contributed by atoms with E-state index in [-0.39, 0.29) is 16.4 Å². The van der Waals surface area contributed by atoms with E-state index >= 15 is 0 Å². The Hall–Kier alpha value is -3.39. The van der Waals surface area contributed by atoms with Crippen molar-refractivity contribution in [2.45, 2.75) is 0 Å². The highest BCUT2D eigenvalue weighted by Gasteiger charge is 2.10. The Balaban J connectivity index is 1.81. The van der Waals surface area contributed by atoms with Crippen molar-refractivity contribution in [2.24, 2.45) is 0 Å². The van der Waals surface area contributed by atoms with Crippen LogP contribution in [0, 0.1) is 0 Å². The highest BCUT2D eigenvalue weighted by Crippen LogP contribution is 2.14. The standard InChI is InChI=1S/C18H17N3O4S/c1-25-13-9-6-12(7-10-13)8-11-16(23)19-18(26)21-20-17(24)14-4-2-3-5-15(14)22/h2-11,22H,1H3,(H,20,24)(H2,19,21,23,26)/b11-8+. The molecule has 0 saturated heterocycles. The molecule has 0 heterocycles. The van der Waals surface area contributed by atoms with Gasteiger partial charge in [0.2, 0.25) is 5.91 Å². The molecule has 134 valence electrons. The van der Waals surface area contributed by atoms with Crippen LogP contribution in [0.15, 0.2) is 54.6 Å². The van der Waals surface area contributed by atoms with E-state index in [0.29, 0.717) is 0 Å². The number of phenols is 1. The fraction of sp³-hybridized carbons (Fsp3) is 0.0556. The smallest absolute Gasteiger partial charge is 0.273 e. The number of ether oxygens (including phenoxy) is 1. The van der Waals surface area contributed by atoms with Crippen molar-refractivity contribution < 1.29 is 19.4 Å². The fourth-order valence-corrected chi connectivity index (χ4v) is 2.07. The van der Waals surface area contributed by atoms with Gasteiger partial charge in [0.15, 0.2) is 5.11 Å². The maximum absolute atomic E-state index is 11.9. The van der Waals surface area contributed by atoms with Crippen molar-refractivity contribution in [3.63, 3.8) is 0 Å². The molecule has 0 aliphatic heterocycles. The van der Waals surface area contributed by atoms with Crippen LogP contribution in [-0.4, -0.2) is 29.1 Å². The van der Waals surface area contributed by atoms with Gasteiger partial charge in [-0.15, -0.1) is 0 Å². The highest BCUT2D eigenvalue weighted by molar-refractivity contribution is 7.80. The third-order valence-corrected chi connectivity index (χ3v) is 3.42. The van der Waals surface area contributed by atoms with E-state index in [1.807, 2.05) is 0 Å². The van der Waals surface area contributed by atoms with Crippen LogP contribution < -0.4 is 20.9 Å². The van der Waals surface area contributed by atoms with E-state index in [1.54, 1.807) is 49.6 Å². The normalized spacial score (nSPS) is 10.2. The molecule has 0 bridgehead atoms. The molecule has 0 unspecified atom stereocenters. The van der Waals surface area contributed by atoms with Gasteiger partial charge in [0.25, 0.3) is 5.91 Å². The Kier molecular flexibility index (Phi) is 6.69. The third kappa shape index (κ3) is 5.60. The summed E-state index contributed by atoms with van der Waals surface area (Å²) in [5.41, 5.74) is 5.57. The molecular formula is C18H17N3O4S. The van der Waals surface area contributed by atoms with E-state index in [2.05, 4.69) is 16.2 Å². The number of hydrogen-bond acceptors (Lipinski definition) is 5. The molecule has 2 aromatic carbocycles. The lowest BCUT2D eigenvalue weighted by Gasteiger charge is -2.10. The first kappa shape index (κ1) is 18.9. The minimum Gasteiger partial charge on any atom is -0.507 e. The summed E-state index contributed by atoms with van der Waals surface area (Å²) in [5, 5.41) is 11.9. The second-order valence-electron chi connectivity index (χ2n) is 5.02. The molecule has 0 aliphatic rings. The van der Waals surface area contributed by atoms with Crippen molar-refractivity contribution >= 4 is 35.2 Å². The number of amides is 2. The number of aromatic hydroxyl groups is 1. The van der Waals surface area contributed by atoms with E-state index < -0.39 is 11.8 Å². The van der Waals surface area contributed by atoms with E-state index in [1.165, 1.54) is 18.2 Å². The average molecular weight is 371 g/mol. The average Bonchev–Trinajstić information content (AvgIpc) is 2.65. The predicted octanol–water partition coefficient (Wildman–Crippen LogP) is 1.75. The number of benzene rings is 2. The van der Waals surface area contributed by atoms with Gasteiger partial charge < -0.3 is 9.84 Å². The molecule has 0 aromatic heterocycles. The largest absolute Gasteiger partial charge is 0.507 e. The molecule has 2 rings (SSSR count). The topological polar surface area (TPSA) is 99.7 Å². The minimum absolute atomic E-state index is 0.0773. The van der Waals surface area contributed by atoms with Crippen molar-refractivity contribution in [2.75, 3.05) is 7.11 Å². The molecule has 0 fully saturated rings. The minimum atomic E-state index is -0.589. The van der Waals surface area contributed by atoms with Gasteiger partial charge in [-0.3, -0.25) is 25.8 Å². The second-order valence-corrected chi connectivity index (χ2v) is 5.43. The quantitative estimate of drug-likeness (QED) is 0.371. The molecule has 2 aromatic rings. The zero-order valence-corrected chi connectivity index (χ0v) is 14.7. The summed E-state index contributed by atoms with van der Waals surface area (Å²) in [7, 11) is 1.57. The van der Waals surface area contributed by atoms with Crippen LogP contribution in [0.3, 0.4) is 0 Å². The van der Waals surface area contributed by atoms with Gasteiger partial charge in [-0.1, -0.05) is 24.3 Å². The van der Waals surface area contributed by atoms with Crippen LogP contribution in [0.5, 0.6) is 11.5 Å². The van der Waals surface area contributed by atoms with E-state index in [4.69, 9.17) is 17.0 Å². The fourth-order valence-electron chi connectivity index (χ4n) is 1.92. The molecule has 0 radical (unpaired) electrons. The molecule has 8 heteroatoms. The lowest BCUT2D eigenvalue weighted by atomic mass is 10.2. The summed E-state index contributed by atoms with van der Waals surface area (Å²) in [5.74, 6) is -0.495. The molecule has 0 spiro atoms. The number of hydrogen-bond donors (Lipinski definition) is 4. The monoisotopic (exact) mass is 371 g/mol. The van der Waals surface area contributed by atoms with Crippen LogP contribution >= 0.6 is 12.2 Å². The van der Waals surface area contributed by atoms with E-state index in [9.17, 15) is 14.7 Å². The Bertz CT molecular complexity index is 835. The van der Waals surface area contributed by atoms with Gasteiger partial charge in [0, 0.05) is 6.08 Å². The summed E-state index contributed by atoms with van der Waals surface area (Å²) < 4.78 is 5.05. The predicted molar refractivity (Wildman–Crippen MR) is 101 cm³/mol. The van der Waals surface area contributed by atoms with Gasteiger partial charge >= 0.3 is 0 Å². The molecule has 26 heavy (non-hydrogen) atoms. The molecule has 7 nitrogen and oxygen atoms in total. The molecule has 0 saturated carbocycles. The van der Waals surface area contributed by atoms with Gasteiger partial charge in [-0.25, -0.2) is 0 Å². The van der Waals surface area contributed by atoms with Crippen LogP contribution in [-0.2, 0) is 4.79 Å². The number of phenolic OH excluding ortho intramolecular Hbond substituents is 1. The van der Waals surface area contributed by atoms with Gasteiger partial charge in [0.05, 0.1) is 12.7 Å². The molecular weight excluding hydrogens is 354 g/mol. The maximum atomic E-state index is 11.9. The number of carbonyl (C=O) groups excluding carboxylic acids is 2. The zero-order valence-electron chi connectivity index (χ0n) is 13.9. The lowest BCUT2D eigenvalue weighted by molar-refractivity contribution is -0.115. The first-order valence-electron chi connectivity index (χ1n) is 7.51. The van der Waals surface area contributed by atoms with Crippen LogP contribution in [0.1, 0.15) is 15.9 Å². The summed E-state index contributed by atoms with van der Waals surface area (Å²) in [4.78, 5) is 23.7. The molecule has 0 aliphatic carbocycles. The number of methoxy groups -OCH3 is 1. The van der Waals surface area contributed by atoms with Crippen LogP contribution in [0.25, 0.3) is 6.08 Å². The van der Waals surface area contributed by atoms with Crippen molar-refractivity contribution in [3.05, 3.63) is 65.7 Å². The number of hydrazine groups is 1. The first-order chi connectivity index (χ1) is 12.5. The van der Waals surface area contributed by atoms with E-state index in [0.717, 1.165) is 11.3 Å². The number of thiocarbonyl (C=S) groups is 1. The van der Waals surface area contributed by atoms with Crippen molar-refractivity contribution in [1.29, 1.82) is 0 Å². The van der Waals surface area contributed by atoms with Gasteiger partial charge in [0.1, 0.15) is 11.5 Å². The van der Waals surface area contributed by atoms with Gasteiger partial charge in [-0.05, 0) is 48.1 Å². The molecule has 0 atom stereocenters. The summed E-state index contributed by atoms with van der Waals surface area (Å²) in [6, 6.07) is 13.2. The van der Waals surface area contributed by atoms with Crippen LogP contribution in [0.2, 0.25) is 0 Å². The third-order valence-electron chi connectivity index (χ3n) is 3.22. The Morgan fingerprint density at radius 3 is 2.42 bits per heavy atom. The van der Waals surface area contributed by atoms with Gasteiger partial charge in [-0.2, -0.15) is 0 Å². The first-order valence-corrected chi connectivity index (χ1v) is 7.92. The molecule has 4 N–H and O–H groups in total. The number of rotatable bonds is 4. The molecule has 2 amide bonds. The zero-order chi connectivity index (χ0) is 18.9. The highest BCUT2D eigenvalue weighted by atomic mass is 32.1. The number of carbonyl (C=O) groups is 2. The lowest BCUT2D eigenvalue weighted by Crippen LogP contribution is -2.48. The Morgan fingerprint density at radius 2 is 1.77 bits per heavy atom. The second kappa shape index (κ2) is 9.19. The summed E-state index contributed by atoms with van der Waals surface area (Å²) in [6.07, 6.45) is 2.92. The summed E-state index contributed by atoms with van der Waals surface area (Å²) >= 11 is 4.92. The Labute approximate surface area is 155 Å². The number of para-hydroxylation sites is 1. The number of nitrogens with one attached hydrogen (secondary N) is 3. The summed E-state index contributed by atoms with van der Waals surface area (Å²) in [6.45, 7) is 0.